The lowest BCUT2D eigenvalue weighted by Crippen LogP contribution is -2.44. The van der Waals surface area contributed by atoms with Crippen LogP contribution in [0.25, 0.3) is 0 Å². The average molecular weight is 324 g/mol. The molecule has 24 heavy (non-hydrogen) atoms. The minimum absolute atomic E-state index is 0.00396. The van der Waals surface area contributed by atoms with Crippen molar-refractivity contribution in [3.63, 3.8) is 0 Å². The maximum Gasteiger partial charge on any atom is 0.251 e. The Morgan fingerprint density at radius 2 is 1.92 bits per heavy atom. The maximum absolute atomic E-state index is 12.3. The summed E-state index contributed by atoms with van der Waals surface area (Å²) in [7, 11) is 0. The minimum atomic E-state index is 0.00396. The standard InChI is InChI=1S/C19H24N4O/c20-12-15-3-5-17(6-4-15)19(24)22-18-7-10-23(11-8-18)14-16-2-1-9-21-13-16/h1-6,9,13,18H,7-8,10-12,14,20H2,(H,22,24). The van der Waals surface area contributed by atoms with E-state index in [1.54, 1.807) is 6.20 Å². The molecule has 126 valence electrons. The molecule has 1 aromatic heterocycles. The topological polar surface area (TPSA) is 71.2 Å². The van der Waals surface area contributed by atoms with Crippen LogP contribution in [0, 0.1) is 0 Å². The molecular formula is C19H24N4O. The first-order valence-corrected chi connectivity index (χ1v) is 8.46. The Labute approximate surface area is 142 Å². The maximum atomic E-state index is 12.3. The van der Waals surface area contributed by atoms with E-state index in [1.807, 2.05) is 36.5 Å². The van der Waals surface area contributed by atoms with Crippen LogP contribution in [0.3, 0.4) is 0 Å². The number of pyridine rings is 1. The molecule has 0 unspecified atom stereocenters. The van der Waals surface area contributed by atoms with Gasteiger partial charge in [-0.15, -0.1) is 0 Å². The van der Waals surface area contributed by atoms with Crippen LogP contribution in [0.2, 0.25) is 0 Å². The number of nitrogens with zero attached hydrogens (tertiary/aromatic N) is 2. The number of amides is 1. The Kier molecular flexibility index (Phi) is 5.56. The van der Waals surface area contributed by atoms with Crippen molar-refractivity contribution in [1.29, 1.82) is 0 Å². The molecule has 3 N–H and O–H groups in total. The smallest absolute Gasteiger partial charge is 0.251 e. The molecule has 5 heteroatoms. The van der Waals surface area contributed by atoms with Crippen LogP contribution in [0.1, 0.15) is 34.3 Å². The van der Waals surface area contributed by atoms with Gasteiger partial charge in [-0.3, -0.25) is 14.7 Å². The van der Waals surface area contributed by atoms with Gasteiger partial charge in [-0.1, -0.05) is 18.2 Å². The second-order valence-corrected chi connectivity index (χ2v) is 6.29. The molecule has 2 heterocycles. The molecule has 1 amide bonds. The number of carbonyl (C=O) groups excluding carboxylic acids is 1. The molecule has 0 aliphatic carbocycles. The third kappa shape index (κ3) is 4.40. The Morgan fingerprint density at radius 1 is 1.17 bits per heavy atom. The van der Waals surface area contributed by atoms with Crippen LogP contribution in [0.4, 0.5) is 0 Å². The van der Waals surface area contributed by atoms with Crippen molar-refractivity contribution >= 4 is 5.91 Å². The van der Waals surface area contributed by atoms with Gasteiger partial charge in [0.05, 0.1) is 0 Å². The van der Waals surface area contributed by atoms with E-state index < -0.39 is 0 Å². The van der Waals surface area contributed by atoms with Gasteiger partial charge in [0.25, 0.3) is 5.91 Å². The molecule has 0 bridgehead atoms. The largest absolute Gasteiger partial charge is 0.349 e. The molecule has 0 radical (unpaired) electrons. The summed E-state index contributed by atoms with van der Waals surface area (Å²) in [5.74, 6) is 0.00396. The molecule has 3 rings (SSSR count). The van der Waals surface area contributed by atoms with E-state index in [9.17, 15) is 4.79 Å². The highest BCUT2D eigenvalue weighted by Gasteiger charge is 2.21. The number of nitrogens with one attached hydrogen (secondary N) is 1. The van der Waals surface area contributed by atoms with E-state index in [1.165, 1.54) is 5.56 Å². The fourth-order valence-electron chi connectivity index (χ4n) is 3.05. The summed E-state index contributed by atoms with van der Waals surface area (Å²) in [6.45, 7) is 3.41. The van der Waals surface area contributed by atoms with E-state index in [4.69, 9.17) is 5.73 Å². The van der Waals surface area contributed by atoms with E-state index in [0.29, 0.717) is 12.1 Å². The third-order valence-corrected chi connectivity index (χ3v) is 4.50. The normalized spacial score (nSPS) is 16.0. The van der Waals surface area contributed by atoms with Gasteiger partial charge in [-0.25, -0.2) is 0 Å². The number of nitrogens with two attached hydrogens (primary N) is 1. The fraction of sp³-hybridized carbons (Fsp3) is 0.368. The van der Waals surface area contributed by atoms with Crippen molar-refractivity contribution in [2.75, 3.05) is 13.1 Å². The highest BCUT2D eigenvalue weighted by Crippen LogP contribution is 2.14. The first kappa shape index (κ1) is 16.6. The van der Waals surface area contributed by atoms with Gasteiger partial charge < -0.3 is 11.1 Å². The van der Waals surface area contributed by atoms with E-state index in [0.717, 1.165) is 38.0 Å². The Morgan fingerprint density at radius 3 is 2.54 bits per heavy atom. The van der Waals surface area contributed by atoms with Crippen molar-refractivity contribution in [3.8, 4) is 0 Å². The van der Waals surface area contributed by atoms with Gasteiger partial charge in [0.15, 0.2) is 0 Å². The quantitative estimate of drug-likeness (QED) is 0.882. The van der Waals surface area contributed by atoms with Gasteiger partial charge in [0.2, 0.25) is 0 Å². The highest BCUT2D eigenvalue weighted by atomic mass is 16.1. The lowest BCUT2D eigenvalue weighted by molar-refractivity contribution is 0.0909. The van der Waals surface area contributed by atoms with E-state index >= 15 is 0 Å². The van der Waals surface area contributed by atoms with Crippen LogP contribution in [0.15, 0.2) is 48.8 Å². The molecule has 1 aliphatic heterocycles. The number of rotatable bonds is 5. The Hall–Kier alpha value is -2.24. The molecule has 2 aromatic rings. The zero-order valence-electron chi connectivity index (χ0n) is 13.8. The van der Waals surface area contributed by atoms with Crippen molar-refractivity contribution in [2.24, 2.45) is 5.73 Å². The third-order valence-electron chi connectivity index (χ3n) is 4.50. The number of hydrogen-bond acceptors (Lipinski definition) is 4. The van der Waals surface area contributed by atoms with Gasteiger partial charge in [-0.05, 0) is 42.2 Å². The average Bonchev–Trinajstić information content (AvgIpc) is 2.64. The lowest BCUT2D eigenvalue weighted by atomic mass is 10.0. The fourth-order valence-corrected chi connectivity index (χ4v) is 3.05. The Bertz CT molecular complexity index is 649. The van der Waals surface area contributed by atoms with Crippen LogP contribution >= 0.6 is 0 Å². The predicted molar refractivity (Wildman–Crippen MR) is 94.3 cm³/mol. The number of piperidine rings is 1. The first-order chi connectivity index (χ1) is 11.7. The van der Waals surface area contributed by atoms with Crippen molar-refractivity contribution in [2.45, 2.75) is 32.0 Å². The van der Waals surface area contributed by atoms with E-state index in [2.05, 4.69) is 21.3 Å². The molecule has 0 atom stereocenters. The summed E-state index contributed by atoms with van der Waals surface area (Å²) >= 11 is 0. The predicted octanol–water partition coefficient (Wildman–Crippen LogP) is 1.93. The molecule has 0 saturated carbocycles. The molecule has 5 nitrogen and oxygen atoms in total. The summed E-state index contributed by atoms with van der Waals surface area (Å²) in [6, 6.07) is 11.8. The zero-order valence-corrected chi connectivity index (χ0v) is 13.8. The number of aromatic nitrogens is 1. The number of benzene rings is 1. The van der Waals surface area contributed by atoms with Crippen LogP contribution in [-0.4, -0.2) is 34.9 Å². The summed E-state index contributed by atoms with van der Waals surface area (Å²) in [4.78, 5) is 18.9. The molecule has 1 fully saturated rings. The van der Waals surface area contributed by atoms with Gasteiger partial charge in [-0.2, -0.15) is 0 Å². The molecule has 0 spiro atoms. The summed E-state index contributed by atoms with van der Waals surface area (Å²) in [6.07, 6.45) is 5.67. The second-order valence-electron chi connectivity index (χ2n) is 6.29. The second kappa shape index (κ2) is 8.04. The molecule has 1 saturated heterocycles. The summed E-state index contributed by atoms with van der Waals surface area (Å²) < 4.78 is 0. The van der Waals surface area contributed by atoms with Crippen molar-refractivity contribution < 1.29 is 4.79 Å². The monoisotopic (exact) mass is 324 g/mol. The minimum Gasteiger partial charge on any atom is -0.349 e. The SMILES string of the molecule is NCc1ccc(C(=O)NC2CCN(Cc3cccnc3)CC2)cc1. The van der Waals surface area contributed by atoms with Gasteiger partial charge in [0, 0.05) is 50.2 Å². The zero-order chi connectivity index (χ0) is 16.8. The molecular weight excluding hydrogens is 300 g/mol. The first-order valence-electron chi connectivity index (χ1n) is 8.46. The highest BCUT2D eigenvalue weighted by molar-refractivity contribution is 5.94. The molecule has 1 aliphatic rings. The Balaban J connectivity index is 1.47. The number of hydrogen-bond donors (Lipinski definition) is 2. The van der Waals surface area contributed by atoms with Crippen LogP contribution in [0.5, 0.6) is 0 Å². The van der Waals surface area contributed by atoms with Crippen LogP contribution in [-0.2, 0) is 13.1 Å². The number of carbonyl (C=O) groups is 1. The van der Waals surface area contributed by atoms with E-state index in [-0.39, 0.29) is 11.9 Å². The van der Waals surface area contributed by atoms with Crippen molar-refractivity contribution in [3.05, 3.63) is 65.5 Å². The summed E-state index contributed by atoms with van der Waals surface area (Å²) in [5, 5.41) is 3.15. The van der Waals surface area contributed by atoms with Gasteiger partial charge in [0.1, 0.15) is 0 Å². The van der Waals surface area contributed by atoms with Gasteiger partial charge >= 0.3 is 0 Å². The summed E-state index contributed by atoms with van der Waals surface area (Å²) in [5.41, 5.74) is 8.56. The number of likely N-dealkylation sites (tertiary alicyclic amines) is 1. The molecule has 1 aromatic carbocycles. The van der Waals surface area contributed by atoms with Crippen molar-refractivity contribution in [1.82, 2.24) is 15.2 Å². The van der Waals surface area contributed by atoms with Crippen LogP contribution < -0.4 is 11.1 Å². The lowest BCUT2D eigenvalue weighted by Gasteiger charge is -2.32.